The zero-order chi connectivity index (χ0) is 15.1. The molecule has 0 radical (unpaired) electrons. The number of ether oxygens (including phenoxy) is 1. The molecule has 21 heavy (non-hydrogen) atoms. The third-order valence-electron chi connectivity index (χ3n) is 2.77. The fraction of sp³-hybridized carbons (Fsp3) is 0.267. The molecule has 0 aliphatic rings. The van der Waals surface area contributed by atoms with Crippen molar-refractivity contribution < 1.29 is 13.9 Å². The topological polar surface area (TPSA) is 88.1 Å². The minimum atomic E-state index is -0.502. The van der Waals surface area contributed by atoms with Gasteiger partial charge < -0.3 is 14.5 Å². The summed E-state index contributed by atoms with van der Waals surface area (Å²) in [6.07, 6.45) is 2.32. The molecule has 0 saturated carbocycles. The number of esters is 1. The van der Waals surface area contributed by atoms with Crippen LogP contribution in [-0.2, 0) is 11.2 Å². The summed E-state index contributed by atoms with van der Waals surface area (Å²) >= 11 is 0. The Hall–Kier alpha value is -2.81. The zero-order valence-corrected chi connectivity index (χ0v) is 11.6. The molecular weight excluding hydrogens is 270 g/mol. The van der Waals surface area contributed by atoms with Crippen LogP contribution in [0.1, 0.15) is 28.8 Å². The van der Waals surface area contributed by atoms with E-state index in [1.807, 2.05) is 13.0 Å². The molecule has 1 N–H and O–H groups in total. The van der Waals surface area contributed by atoms with Crippen molar-refractivity contribution in [3.63, 3.8) is 0 Å². The molecule has 6 nitrogen and oxygen atoms in total. The quantitative estimate of drug-likeness (QED) is 0.647. The van der Waals surface area contributed by atoms with Gasteiger partial charge >= 0.3 is 5.97 Å². The molecule has 6 heteroatoms. The summed E-state index contributed by atoms with van der Waals surface area (Å²) in [4.78, 5) is 15.7. The predicted molar refractivity (Wildman–Crippen MR) is 75.8 cm³/mol. The van der Waals surface area contributed by atoms with Gasteiger partial charge in [0.05, 0.1) is 12.1 Å². The highest BCUT2D eigenvalue weighted by Crippen LogP contribution is 2.10. The Morgan fingerprint density at radius 3 is 3.05 bits per heavy atom. The molecule has 0 fully saturated rings. The third kappa shape index (κ3) is 3.83. The van der Waals surface area contributed by atoms with Crippen molar-refractivity contribution in [2.75, 3.05) is 18.5 Å². The van der Waals surface area contributed by atoms with Crippen LogP contribution < -0.4 is 5.32 Å². The average Bonchev–Trinajstić information content (AvgIpc) is 3.01. The lowest BCUT2D eigenvalue weighted by Crippen LogP contribution is -2.14. The third-order valence-corrected chi connectivity index (χ3v) is 2.77. The first-order valence-corrected chi connectivity index (χ1v) is 6.59. The van der Waals surface area contributed by atoms with Crippen molar-refractivity contribution in [1.29, 1.82) is 5.26 Å². The van der Waals surface area contributed by atoms with Crippen LogP contribution in [0.2, 0.25) is 0 Å². The van der Waals surface area contributed by atoms with Gasteiger partial charge in [0, 0.05) is 12.6 Å². The number of nitriles is 1. The molecule has 0 atom stereocenters. The number of nitrogens with zero attached hydrogens (tertiary/aromatic N) is 2. The van der Waals surface area contributed by atoms with E-state index in [2.05, 4.69) is 10.3 Å². The van der Waals surface area contributed by atoms with Crippen molar-refractivity contribution in [1.82, 2.24) is 4.98 Å². The van der Waals surface area contributed by atoms with Gasteiger partial charge in [0.25, 0.3) is 0 Å². The maximum Gasteiger partial charge on any atom is 0.374 e. The van der Waals surface area contributed by atoms with E-state index < -0.39 is 5.97 Å². The number of aromatic nitrogens is 1. The molecule has 0 aliphatic carbocycles. The Bertz CT molecular complexity index is 658. The first kappa shape index (κ1) is 14.6. The van der Waals surface area contributed by atoms with Gasteiger partial charge in [0.1, 0.15) is 24.3 Å². The Balaban J connectivity index is 1.79. The average molecular weight is 285 g/mol. The second-order valence-electron chi connectivity index (χ2n) is 4.19. The van der Waals surface area contributed by atoms with E-state index in [1.165, 1.54) is 0 Å². The van der Waals surface area contributed by atoms with Gasteiger partial charge in [-0.3, -0.25) is 0 Å². The number of carbonyl (C=O) groups is 1. The second kappa shape index (κ2) is 7.10. The van der Waals surface area contributed by atoms with Crippen LogP contribution in [0.15, 0.2) is 34.9 Å². The first-order chi connectivity index (χ1) is 10.2. The van der Waals surface area contributed by atoms with E-state index in [4.69, 9.17) is 14.4 Å². The van der Waals surface area contributed by atoms with Crippen LogP contribution in [0.25, 0.3) is 0 Å². The highest BCUT2D eigenvalue weighted by atomic mass is 16.5. The number of anilines is 1. The molecule has 2 heterocycles. The molecule has 0 amide bonds. The SMILES string of the molecule is CCc1ccc(C(=O)OCCNc2ncccc2C#N)o1. The summed E-state index contributed by atoms with van der Waals surface area (Å²) in [5.41, 5.74) is 0.447. The summed E-state index contributed by atoms with van der Waals surface area (Å²) in [6, 6.07) is 8.73. The number of nitrogens with one attached hydrogen (secondary N) is 1. The summed E-state index contributed by atoms with van der Waals surface area (Å²) in [7, 11) is 0. The standard InChI is InChI=1S/C15H15N3O3/c1-2-12-5-6-13(21-12)15(19)20-9-8-18-14-11(10-16)4-3-7-17-14/h3-7H,2,8-9H2,1H3,(H,17,18). The van der Waals surface area contributed by atoms with Crippen LogP contribution in [0.5, 0.6) is 0 Å². The molecule has 0 unspecified atom stereocenters. The van der Waals surface area contributed by atoms with E-state index in [0.29, 0.717) is 17.9 Å². The Kier molecular flexibility index (Phi) is 4.94. The molecule has 0 aliphatic heterocycles. The van der Waals surface area contributed by atoms with Crippen molar-refractivity contribution >= 4 is 11.8 Å². The minimum absolute atomic E-state index is 0.155. The Labute approximate surface area is 122 Å². The monoisotopic (exact) mass is 285 g/mol. The number of carbonyl (C=O) groups excluding carboxylic acids is 1. The molecule has 108 valence electrons. The lowest BCUT2D eigenvalue weighted by molar-refractivity contribution is 0.0482. The highest BCUT2D eigenvalue weighted by Gasteiger charge is 2.11. The van der Waals surface area contributed by atoms with Crippen LogP contribution in [0.3, 0.4) is 0 Å². The number of furan rings is 1. The van der Waals surface area contributed by atoms with Gasteiger partial charge in [-0.05, 0) is 24.3 Å². The zero-order valence-electron chi connectivity index (χ0n) is 11.6. The van der Waals surface area contributed by atoms with Crippen LogP contribution in [-0.4, -0.2) is 24.1 Å². The highest BCUT2D eigenvalue weighted by molar-refractivity contribution is 5.86. The lowest BCUT2D eigenvalue weighted by atomic mass is 10.3. The Morgan fingerprint density at radius 2 is 2.33 bits per heavy atom. The van der Waals surface area contributed by atoms with Gasteiger partial charge in [0.2, 0.25) is 5.76 Å². The molecule has 0 aromatic carbocycles. The van der Waals surface area contributed by atoms with Gasteiger partial charge in [0.15, 0.2) is 0 Å². The summed E-state index contributed by atoms with van der Waals surface area (Å²) in [5, 5.41) is 11.9. The fourth-order valence-corrected chi connectivity index (χ4v) is 1.70. The smallest absolute Gasteiger partial charge is 0.374 e. The van der Waals surface area contributed by atoms with Gasteiger partial charge in [-0.15, -0.1) is 0 Å². The number of aryl methyl sites for hydroxylation is 1. The summed E-state index contributed by atoms with van der Waals surface area (Å²) in [5.74, 6) is 0.912. The normalized spacial score (nSPS) is 9.90. The van der Waals surface area contributed by atoms with Gasteiger partial charge in [-0.1, -0.05) is 6.92 Å². The second-order valence-corrected chi connectivity index (χ2v) is 4.19. The van der Waals surface area contributed by atoms with E-state index in [9.17, 15) is 4.79 Å². The maximum absolute atomic E-state index is 11.7. The van der Waals surface area contributed by atoms with Crippen molar-refractivity contribution in [3.05, 3.63) is 47.5 Å². The Morgan fingerprint density at radius 1 is 1.48 bits per heavy atom. The number of hydrogen-bond donors (Lipinski definition) is 1. The first-order valence-electron chi connectivity index (χ1n) is 6.59. The van der Waals surface area contributed by atoms with Crippen molar-refractivity contribution in [3.8, 4) is 6.07 Å². The van der Waals surface area contributed by atoms with E-state index >= 15 is 0 Å². The molecular formula is C15H15N3O3. The molecule has 0 spiro atoms. The maximum atomic E-state index is 11.7. The summed E-state index contributed by atoms with van der Waals surface area (Å²) < 4.78 is 10.4. The van der Waals surface area contributed by atoms with E-state index in [1.54, 1.807) is 30.5 Å². The summed E-state index contributed by atoms with van der Waals surface area (Å²) in [6.45, 7) is 2.46. The van der Waals surface area contributed by atoms with E-state index in [-0.39, 0.29) is 12.4 Å². The van der Waals surface area contributed by atoms with Crippen molar-refractivity contribution in [2.24, 2.45) is 0 Å². The molecule has 0 saturated heterocycles. The molecule has 2 aromatic rings. The number of rotatable bonds is 6. The van der Waals surface area contributed by atoms with Gasteiger partial charge in [-0.2, -0.15) is 5.26 Å². The van der Waals surface area contributed by atoms with E-state index in [0.717, 1.165) is 12.2 Å². The molecule has 2 rings (SSSR count). The van der Waals surface area contributed by atoms with Crippen molar-refractivity contribution in [2.45, 2.75) is 13.3 Å². The largest absolute Gasteiger partial charge is 0.458 e. The molecule has 0 bridgehead atoms. The number of hydrogen-bond acceptors (Lipinski definition) is 6. The van der Waals surface area contributed by atoms with Crippen LogP contribution in [0, 0.1) is 11.3 Å². The minimum Gasteiger partial charge on any atom is -0.458 e. The van der Waals surface area contributed by atoms with Crippen LogP contribution >= 0.6 is 0 Å². The fourth-order valence-electron chi connectivity index (χ4n) is 1.70. The lowest BCUT2D eigenvalue weighted by Gasteiger charge is -2.07. The van der Waals surface area contributed by atoms with Crippen LogP contribution in [0.4, 0.5) is 5.82 Å². The predicted octanol–water partition coefficient (Wildman–Crippen LogP) is 2.38. The number of pyridine rings is 1. The van der Waals surface area contributed by atoms with Gasteiger partial charge in [-0.25, -0.2) is 9.78 Å². The molecule has 2 aromatic heterocycles.